The molecule has 1 N–H and O–H groups in total. The summed E-state index contributed by atoms with van der Waals surface area (Å²) in [6.07, 6.45) is 3.50. The average molecular weight is 412 g/mol. The Morgan fingerprint density at radius 2 is 1.85 bits per heavy atom. The molecule has 2 aliphatic rings. The lowest BCUT2D eigenvalue weighted by atomic mass is 9.85. The van der Waals surface area contributed by atoms with Crippen molar-refractivity contribution in [3.8, 4) is 0 Å². The summed E-state index contributed by atoms with van der Waals surface area (Å²) in [5, 5.41) is 3.15. The van der Waals surface area contributed by atoms with Crippen LogP contribution in [0.15, 0.2) is 18.2 Å². The number of carbonyl (C=O) groups is 4. The number of imide groups is 2. The highest BCUT2D eigenvalue weighted by atomic mass is 35.5. The molecule has 1 heterocycles. The molecule has 1 saturated carbocycles. The Bertz CT molecular complexity index is 814. The third kappa shape index (κ3) is 3.94. The molecule has 1 saturated heterocycles. The lowest BCUT2D eigenvalue weighted by Crippen LogP contribution is -2.46. The van der Waals surface area contributed by atoms with Gasteiger partial charge < -0.3 is 5.32 Å². The molecule has 2 atom stereocenters. The Labute approximate surface area is 166 Å². The van der Waals surface area contributed by atoms with E-state index < -0.39 is 30.3 Å². The van der Waals surface area contributed by atoms with Crippen molar-refractivity contribution in [1.29, 1.82) is 0 Å². The van der Waals surface area contributed by atoms with Gasteiger partial charge in [0, 0.05) is 11.1 Å². The predicted molar refractivity (Wildman–Crippen MR) is 100 cm³/mol. The summed E-state index contributed by atoms with van der Waals surface area (Å²) in [5.41, 5.74) is 0.300. The third-order valence-electron chi connectivity index (χ3n) is 4.99. The summed E-state index contributed by atoms with van der Waals surface area (Å²) in [5.74, 6) is -2.35. The van der Waals surface area contributed by atoms with Gasteiger partial charge in [0.1, 0.15) is 6.54 Å². The molecule has 9 heteroatoms. The van der Waals surface area contributed by atoms with Gasteiger partial charge in [-0.2, -0.15) is 0 Å². The van der Waals surface area contributed by atoms with Gasteiger partial charge in [-0.25, -0.2) is 9.69 Å². The van der Waals surface area contributed by atoms with E-state index in [1.807, 2.05) is 6.92 Å². The van der Waals surface area contributed by atoms with Crippen molar-refractivity contribution in [2.24, 2.45) is 5.92 Å². The van der Waals surface area contributed by atoms with E-state index in [1.165, 1.54) is 12.1 Å². The van der Waals surface area contributed by atoms with Crippen LogP contribution in [0.4, 0.5) is 10.5 Å². The molecule has 3 rings (SSSR count). The molecule has 1 aromatic carbocycles. The van der Waals surface area contributed by atoms with E-state index in [-0.39, 0.29) is 17.0 Å². The molecule has 1 aliphatic carbocycles. The van der Waals surface area contributed by atoms with Crippen molar-refractivity contribution in [2.75, 3.05) is 11.9 Å². The highest BCUT2D eigenvalue weighted by molar-refractivity contribution is 6.45. The number of hydrogen-bond acceptors (Lipinski definition) is 4. The van der Waals surface area contributed by atoms with Gasteiger partial charge >= 0.3 is 17.8 Å². The fourth-order valence-electron chi connectivity index (χ4n) is 3.56. The molecule has 0 radical (unpaired) electrons. The lowest BCUT2D eigenvalue weighted by Gasteiger charge is -2.34. The van der Waals surface area contributed by atoms with Gasteiger partial charge in [0.25, 0.3) is 0 Å². The van der Waals surface area contributed by atoms with Gasteiger partial charge in [-0.15, -0.1) is 0 Å². The Morgan fingerprint density at radius 1 is 1.15 bits per heavy atom. The van der Waals surface area contributed by atoms with Gasteiger partial charge in [0.15, 0.2) is 0 Å². The van der Waals surface area contributed by atoms with E-state index in [0.29, 0.717) is 22.0 Å². The van der Waals surface area contributed by atoms with E-state index in [1.54, 1.807) is 6.07 Å². The van der Waals surface area contributed by atoms with Crippen LogP contribution in [0, 0.1) is 5.92 Å². The highest BCUT2D eigenvalue weighted by Gasteiger charge is 2.49. The first-order valence-electron chi connectivity index (χ1n) is 8.73. The Balaban J connectivity index is 1.71. The molecule has 2 fully saturated rings. The van der Waals surface area contributed by atoms with E-state index >= 15 is 0 Å². The van der Waals surface area contributed by atoms with E-state index in [4.69, 9.17) is 23.2 Å². The number of benzene rings is 1. The number of hydrogen-bond donors (Lipinski definition) is 1. The SMILES string of the molecule is C[C@@H]1CCCC[C@@H]1N1C(=O)C(=O)N(CC(=O)Nc2ccc(Cl)cc2Cl)C1=O. The predicted octanol–water partition coefficient (Wildman–Crippen LogP) is 3.30. The lowest BCUT2D eigenvalue weighted by molar-refractivity contribution is -0.145. The zero-order valence-electron chi connectivity index (χ0n) is 14.7. The summed E-state index contributed by atoms with van der Waals surface area (Å²) in [6.45, 7) is 1.41. The average Bonchev–Trinajstić information content (AvgIpc) is 2.82. The summed E-state index contributed by atoms with van der Waals surface area (Å²) < 4.78 is 0. The van der Waals surface area contributed by atoms with Crippen molar-refractivity contribution in [2.45, 2.75) is 38.6 Å². The van der Waals surface area contributed by atoms with Crippen LogP contribution < -0.4 is 5.32 Å². The van der Waals surface area contributed by atoms with Crippen LogP contribution in [0.5, 0.6) is 0 Å². The van der Waals surface area contributed by atoms with Crippen molar-refractivity contribution >= 4 is 52.6 Å². The molecule has 0 aromatic heterocycles. The van der Waals surface area contributed by atoms with Crippen molar-refractivity contribution in [1.82, 2.24) is 9.80 Å². The summed E-state index contributed by atoms with van der Waals surface area (Å²) in [7, 11) is 0. The maximum absolute atomic E-state index is 12.7. The smallest absolute Gasteiger partial charge is 0.323 e. The minimum Gasteiger partial charge on any atom is -0.323 e. The first-order chi connectivity index (χ1) is 12.8. The monoisotopic (exact) mass is 411 g/mol. The highest BCUT2D eigenvalue weighted by Crippen LogP contribution is 2.31. The minimum absolute atomic E-state index is 0.126. The summed E-state index contributed by atoms with van der Waals surface area (Å²) in [4.78, 5) is 51.2. The maximum atomic E-state index is 12.7. The minimum atomic E-state index is -0.977. The molecule has 0 unspecified atom stereocenters. The van der Waals surface area contributed by atoms with E-state index in [2.05, 4.69) is 5.32 Å². The van der Waals surface area contributed by atoms with Crippen molar-refractivity contribution in [3.05, 3.63) is 28.2 Å². The van der Waals surface area contributed by atoms with Gasteiger partial charge in [0.05, 0.1) is 10.7 Å². The van der Waals surface area contributed by atoms with Crippen LogP contribution in [0.3, 0.4) is 0 Å². The first-order valence-corrected chi connectivity index (χ1v) is 9.49. The molecular formula is C18H19Cl2N3O4. The van der Waals surface area contributed by atoms with Crippen molar-refractivity contribution in [3.63, 3.8) is 0 Å². The number of carbonyl (C=O) groups excluding carboxylic acids is 4. The normalized spacial score (nSPS) is 23.1. The number of amides is 5. The molecule has 1 aliphatic heterocycles. The van der Waals surface area contributed by atoms with E-state index in [0.717, 1.165) is 24.2 Å². The fraction of sp³-hybridized carbons (Fsp3) is 0.444. The Kier molecular flexibility index (Phi) is 5.72. The van der Waals surface area contributed by atoms with Crippen LogP contribution in [0.1, 0.15) is 32.6 Å². The second kappa shape index (κ2) is 7.86. The molecule has 7 nitrogen and oxygen atoms in total. The molecular weight excluding hydrogens is 393 g/mol. The van der Waals surface area contributed by atoms with Crippen LogP contribution >= 0.6 is 23.2 Å². The zero-order valence-corrected chi connectivity index (χ0v) is 16.2. The summed E-state index contributed by atoms with van der Waals surface area (Å²) in [6, 6.07) is 3.48. The number of rotatable bonds is 4. The van der Waals surface area contributed by atoms with Crippen LogP contribution in [-0.2, 0) is 14.4 Å². The van der Waals surface area contributed by atoms with Gasteiger partial charge in [0.2, 0.25) is 5.91 Å². The first kappa shape index (κ1) is 19.6. The zero-order chi connectivity index (χ0) is 19.7. The molecule has 144 valence electrons. The van der Waals surface area contributed by atoms with E-state index in [9.17, 15) is 19.2 Å². The van der Waals surface area contributed by atoms with Crippen LogP contribution in [0.25, 0.3) is 0 Å². The van der Waals surface area contributed by atoms with Crippen LogP contribution in [-0.4, -0.2) is 46.1 Å². The summed E-state index contributed by atoms with van der Waals surface area (Å²) >= 11 is 11.8. The standard InChI is InChI=1S/C18H19Cl2N3O4/c1-10-4-2-3-5-14(10)23-17(26)16(25)22(18(23)27)9-15(24)21-13-7-6-11(19)8-12(13)20/h6-8,10,14H,2-5,9H2,1H3,(H,21,24)/t10-,14+/m1/s1. The second-order valence-corrected chi connectivity index (χ2v) is 7.69. The number of nitrogens with zero attached hydrogens (tertiary/aromatic N) is 2. The van der Waals surface area contributed by atoms with Gasteiger partial charge in [-0.05, 0) is 37.0 Å². The van der Waals surface area contributed by atoms with Crippen molar-refractivity contribution < 1.29 is 19.2 Å². The molecule has 0 bridgehead atoms. The second-order valence-electron chi connectivity index (χ2n) is 6.85. The quantitative estimate of drug-likeness (QED) is 0.607. The number of anilines is 1. The van der Waals surface area contributed by atoms with Gasteiger partial charge in [-0.3, -0.25) is 19.3 Å². The molecule has 27 heavy (non-hydrogen) atoms. The topological polar surface area (TPSA) is 86.8 Å². The number of nitrogens with one attached hydrogen (secondary N) is 1. The number of halogens is 2. The number of urea groups is 1. The molecule has 5 amide bonds. The van der Waals surface area contributed by atoms with Crippen LogP contribution in [0.2, 0.25) is 10.0 Å². The fourth-order valence-corrected chi connectivity index (χ4v) is 4.01. The third-order valence-corrected chi connectivity index (χ3v) is 5.54. The molecule has 0 spiro atoms. The maximum Gasteiger partial charge on any atom is 0.334 e. The molecule has 1 aromatic rings. The largest absolute Gasteiger partial charge is 0.334 e. The Hall–Kier alpha value is -2.12. The Morgan fingerprint density at radius 3 is 2.52 bits per heavy atom. The van der Waals surface area contributed by atoms with Gasteiger partial charge in [-0.1, -0.05) is 43.0 Å².